The zero-order chi connectivity index (χ0) is 19.8. The lowest BCUT2D eigenvalue weighted by Crippen LogP contribution is -2.62. The van der Waals surface area contributed by atoms with Gasteiger partial charge in [-0.25, -0.2) is 0 Å². The molecule has 152 valence electrons. The predicted molar refractivity (Wildman–Crippen MR) is 115 cm³/mol. The van der Waals surface area contributed by atoms with Gasteiger partial charge < -0.3 is 19.3 Å². The number of hydrogen-bond acceptors (Lipinski definition) is 3. The van der Waals surface area contributed by atoms with Crippen LogP contribution in [0.25, 0.3) is 10.9 Å². The van der Waals surface area contributed by atoms with Crippen molar-refractivity contribution in [3.63, 3.8) is 0 Å². The first kappa shape index (κ1) is 16.3. The van der Waals surface area contributed by atoms with Gasteiger partial charge in [-0.2, -0.15) is 0 Å². The SMILES string of the molecule is CN1CC[C@]23c4c5ccc(O)c4OC2c2c(c4cccc6c4n2CCC6)C[C@H]3[C@H]1C5. The summed E-state index contributed by atoms with van der Waals surface area (Å²) in [5.74, 6) is 1.66. The Morgan fingerprint density at radius 3 is 2.97 bits per heavy atom. The first-order valence-electron chi connectivity index (χ1n) is 11.5. The van der Waals surface area contributed by atoms with E-state index in [9.17, 15) is 5.11 Å². The van der Waals surface area contributed by atoms with Crippen LogP contribution in [0.15, 0.2) is 30.3 Å². The normalized spacial score (nSPS) is 32.6. The lowest BCUT2D eigenvalue weighted by atomic mass is 9.51. The predicted octanol–water partition coefficient (Wildman–Crippen LogP) is 4.10. The average Bonchev–Trinajstić information content (AvgIpc) is 3.27. The molecule has 4 atom stereocenters. The largest absolute Gasteiger partial charge is 0.504 e. The van der Waals surface area contributed by atoms with Gasteiger partial charge in [-0.3, -0.25) is 0 Å². The molecule has 8 rings (SSSR count). The molecule has 1 unspecified atom stereocenters. The highest BCUT2D eigenvalue weighted by molar-refractivity contribution is 5.90. The van der Waals surface area contributed by atoms with Crippen LogP contribution in [0.1, 0.15) is 46.9 Å². The van der Waals surface area contributed by atoms with Crippen molar-refractivity contribution in [2.45, 2.75) is 56.2 Å². The maximum Gasteiger partial charge on any atom is 0.166 e. The monoisotopic (exact) mass is 398 g/mol. The molecule has 2 bridgehead atoms. The van der Waals surface area contributed by atoms with E-state index >= 15 is 0 Å². The summed E-state index contributed by atoms with van der Waals surface area (Å²) in [5.41, 5.74) is 8.65. The van der Waals surface area contributed by atoms with Gasteiger partial charge in [0, 0.05) is 29.0 Å². The van der Waals surface area contributed by atoms with Gasteiger partial charge in [-0.05, 0) is 74.4 Å². The zero-order valence-corrected chi connectivity index (χ0v) is 17.3. The number of aromatic hydroxyl groups is 1. The summed E-state index contributed by atoms with van der Waals surface area (Å²) in [6, 6.07) is 11.5. The number of ether oxygens (including phenoxy) is 1. The first-order chi connectivity index (χ1) is 14.7. The van der Waals surface area contributed by atoms with Crippen molar-refractivity contribution in [3.05, 3.63) is 58.3 Å². The molecule has 0 amide bonds. The Morgan fingerprint density at radius 2 is 2.03 bits per heavy atom. The second-order valence-electron chi connectivity index (χ2n) is 10.2. The number of nitrogens with zero attached hydrogens (tertiary/aromatic N) is 2. The second kappa shape index (κ2) is 5.05. The molecular formula is C26H26N2O2. The van der Waals surface area contributed by atoms with Crippen LogP contribution >= 0.6 is 0 Å². The molecule has 30 heavy (non-hydrogen) atoms. The third-order valence-electron chi connectivity index (χ3n) is 9.21. The summed E-state index contributed by atoms with van der Waals surface area (Å²) in [5, 5.41) is 12.2. The van der Waals surface area contributed by atoms with Crippen molar-refractivity contribution >= 4 is 10.9 Å². The van der Waals surface area contributed by atoms with E-state index in [0.29, 0.717) is 17.7 Å². The topological polar surface area (TPSA) is 37.6 Å². The van der Waals surface area contributed by atoms with Gasteiger partial charge >= 0.3 is 0 Å². The van der Waals surface area contributed by atoms with Crippen molar-refractivity contribution in [1.29, 1.82) is 0 Å². The summed E-state index contributed by atoms with van der Waals surface area (Å²) in [6.07, 6.45) is 5.73. The number of aryl methyl sites for hydroxylation is 2. The van der Waals surface area contributed by atoms with Crippen LogP contribution in [-0.2, 0) is 31.2 Å². The number of phenols is 1. The highest BCUT2D eigenvalue weighted by atomic mass is 16.5. The Labute approximate surface area is 176 Å². The Morgan fingerprint density at radius 1 is 1.10 bits per heavy atom. The minimum absolute atomic E-state index is 0.0112. The van der Waals surface area contributed by atoms with Crippen LogP contribution in [0.2, 0.25) is 0 Å². The maximum absolute atomic E-state index is 10.8. The molecule has 1 N–H and O–H groups in total. The molecule has 3 aliphatic heterocycles. The summed E-state index contributed by atoms with van der Waals surface area (Å²) < 4.78 is 9.42. The number of fused-ring (bicyclic) bond motifs is 4. The van der Waals surface area contributed by atoms with E-state index in [1.807, 2.05) is 6.07 Å². The number of aromatic nitrogens is 1. The van der Waals surface area contributed by atoms with Crippen LogP contribution in [0.3, 0.4) is 0 Å². The highest BCUT2D eigenvalue weighted by Gasteiger charge is 2.65. The second-order valence-corrected chi connectivity index (χ2v) is 10.2. The molecule has 0 radical (unpaired) electrons. The van der Waals surface area contributed by atoms with Gasteiger partial charge in [0.05, 0.1) is 11.2 Å². The van der Waals surface area contributed by atoms with E-state index in [2.05, 4.69) is 40.8 Å². The fourth-order valence-electron chi connectivity index (χ4n) is 8.08. The molecule has 4 heterocycles. The lowest BCUT2D eigenvalue weighted by molar-refractivity contribution is -0.0268. The number of likely N-dealkylation sites (tertiary alicyclic amines) is 1. The zero-order valence-electron chi connectivity index (χ0n) is 17.3. The molecule has 5 aliphatic rings. The fourth-order valence-corrected chi connectivity index (χ4v) is 8.08. The Bertz CT molecular complexity index is 1270. The first-order valence-corrected chi connectivity index (χ1v) is 11.5. The minimum atomic E-state index is 0.0112. The standard InChI is InChI=1S/C26H26N2O2/c1-27-11-9-26-18-13-17-16-6-2-4-14-5-3-10-28(22(14)16)23(17)25(26)30-24-20(29)8-7-15(21(24)26)12-19(18)27/h2,4,6-8,18-19,25,29H,3,5,9-13H2,1H3/t18-,19+,25?,26-/m0/s1. The van der Waals surface area contributed by atoms with Gasteiger partial charge in [-0.1, -0.05) is 24.3 Å². The van der Waals surface area contributed by atoms with Crippen LogP contribution in [-0.4, -0.2) is 34.2 Å². The Hall–Kier alpha value is -2.46. The molecule has 1 aromatic heterocycles. The van der Waals surface area contributed by atoms with Crippen LogP contribution < -0.4 is 4.74 Å². The molecular weight excluding hydrogens is 372 g/mol. The molecule has 2 aliphatic carbocycles. The van der Waals surface area contributed by atoms with Gasteiger partial charge in [0.1, 0.15) is 6.10 Å². The number of benzene rings is 2. The Kier molecular flexibility index (Phi) is 2.74. The molecule has 1 fully saturated rings. The van der Waals surface area contributed by atoms with Gasteiger partial charge in [0.2, 0.25) is 0 Å². The Balaban J connectivity index is 1.50. The quantitative estimate of drug-likeness (QED) is 0.620. The van der Waals surface area contributed by atoms with Gasteiger partial charge in [-0.15, -0.1) is 0 Å². The molecule has 1 saturated heterocycles. The number of para-hydroxylation sites is 1. The smallest absolute Gasteiger partial charge is 0.166 e. The molecule has 4 nitrogen and oxygen atoms in total. The molecule has 3 aromatic rings. The number of rotatable bonds is 0. The number of hydrogen-bond donors (Lipinski definition) is 1. The molecule has 1 spiro atoms. The van der Waals surface area contributed by atoms with Crippen LogP contribution in [0.4, 0.5) is 0 Å². The van der Waals surface area contributed by atoms with Gasteiger partial charge in [0.15, 0.2) is 11.5 Å². The van der Waals surface area contributed by atoms with E-state index in [-0.39, 0.29) is 11.5 Å². The van der Waals surface area contributed by atoms with Crippen molar-refractivity contribution in [3.8, 4) is 11.5 Å². The molecule has 0 saturated carbocycles. The number of phenolic OH excluding ortho intramolecular Hbond substituents is 1. The number of likely N-dealkylation sites (N-methyl/N-ethyl adjacent to an activating group) is 1. The fraction of sp³-hybridized carbons (Fsp3) is 0.462. The number of piperidine rings is 1. The highest BCUT2D eigenvalue weighted by Crippen LogP contribution is 2.67. The van der Waals surface area contributed by atoms with Crippen molar-refractivity contribution in [2.75, 3.05) is 13.6 Å². The summed E-state index contributed by atoms with van der Waals surface area (Å²) in [6.45, 7) is 2.19. The summed E-state index contributed by atoms with van der Waals surface area (Å²) in [7, 11) is 2.31. The van der Waals surface area contributed by atoms with E-state index in [1.54, 1.807) is 0 Å². The molecule has 4 heteroatoms. The van der Waals surface area contributed by atoms with E-state index in [0.717, 1.165) is 38.1 Å². The lowest BCUT2D eigenvalue weighted by Gasteiger charge is -2.57. The summed E-state index contributed by atoms with van der Waals surface area (Å²) in [4.78, 5) is 2.59. The van der Waals surface area contributed by atoms with Crippen LogP contribution in [0, 0.1) is 5.92 Å². The minimum Gasteiger partial charge on any atom is -0.504 e. The van der Waals surface area contributed by atoms with Crippen molar-refractivity contribution in [1.82, 2.24) is 9.47 Å². The van der Waals surface area contributed by atoms with Gasteiger partial charge in [0.25, 0.3) is 0 Å². The van der Waals surface area contributed by atoms with E-state index in [4.69, 9.17) is 4.74 Å². The van der Waals surface area contributed by atoms with E-state index < -0.39 is 0 Å². The van der Waals surface area contributed by atoms with Crippen molar-refractivity contribution < 1.29 is 9.84 Å². The maximum atomic E-state index is 10.8. The average molecular weight is 399 g/mol. The molecule has 2 aromatic carbocycles. The third kappa shape index (κ3) is 1.58. The third-order valence-corrected chi connectivity index (χ3v) is 9.21. The van der Waals surface area contributed by atoms with E-state index in [1.165, 1.54) is 51.7 Å². The van der Waals surface area contributed by atoms with Crippen molar-refractivity contribution in [2.24, 2.45) is 5.92 Å². The van der Waals surface area contributed by atoms with Crippen LogP contribution in [0.5, 0.6) is 11.5 Å². The summed E-state index contributed by atoms with van der Waals surface area (Å²) >= 11 is 0.